The van der Waals surface area contributed by atoms with E-state index < -0.39 is 0 Å². The van der Waals surface area contributed by atoms with Crippen LogP contribution in [0.3, 0.4) is 0 Å². The van der Waals surface area contributed by atoms with Crippen molar-refractivity contribution >= 4 is 12.4 Å². The van der Waals surface area contributed by atoms with E-state index in [0.29, 0.717) is 12.6 Å². The maximum Gasteiger partial charge on any atom is 0.290 e. The fourth-order valence-corrected chi connectivity index (χ4v) is 3.93. The van der Waals surface area contributed by atoms with E-state index in [9.17, 15) is 4.79 Å². The molecular formula is C19H26N2O5. The van der Waals surface area contributed by atoms with Gasteiger partial charge in [0.25, 0.3) is 6.47 Å². The van der Waals surface area contributed by atoms with Crippen LogP contribution < -0.4 is 5.32 Å². The number of benzene rings is 1. The van der Waals surface area contributed by atoms with E-state index >= 15 is 0 Å². The average Bonchev–Trinajstić information content (AvgIpc) is 3.32. The van der Waals surface area contributed by atoms with Crippen molar-refractivity contribution in [3.8, 4) is 0 Å². The molecular weight excluding hydrogens is 336 g/mol. The third-order valence-electron chi connectivity index (χ3n) is 5.16. The van der Waals surface area contributed by atoms with E-state index in [1.165, 1.54) is 5.56 Å². The number of amides is 1. The number of fused-ring (bicyclic) bond motifs is 1. The van der Waals surface area contributed by atoms with Gasteiger partial charge >= 0.3 is 0 Å². The fraction of sp³-hybridized carbons (Fsp3) is 0.579. The number of nitrogens with zero attached hydrogens (tertiary/aromatic N) is 1. The van der Waals surface area contributed by atoms with Crippen LogP contribution in [0.15, 0.2) is 30.3 Å². The lowest BCUT2D eigenvalue weighted by Gasteiger charge is -2.35. The summed E-state index contributed by atoms with van der Waals surface area (Å²) >= 11 is 0. The molecule has 7 nitrogen and oxygen atoms in total. The lowest BCUT2D eigenvalue weighted by atomic mass is 10.1. The van der Waals surface area contributed by atoms with Gasteiger partial charge in [-0.15, -0.1) is 0 Å². The van der Waals surface area contributed by atoms with Crippen molar-refractivity contribution in [2.24, 2.45) is 0 Å². The first kappa shape index (κ1) is 18.8. The van der Waals surface area contributed by atoms with Gasteiger partial charge in [0.1, 0.15) is 6.10 Å². The highest BCUT2D eigenvalue weighted by atomic mass is 16.5. The van der Waals surface area contributed by atoms with Gasteiger partial charge in [-0.05, 0) is 24.8 Å². The molecule has 142 valence electrons. The van der Waals surface area contributed by atoms with Crippen LogP contribution in [0, 0.1) is 0 Å². The summed E-state index contributed by atoms with van der Waals surface area (Å²) in [5, 5.41) is 10.1. The minimum absolute atomic E-state index is 0.0628. The average molecular weight is 362 g/mol. The summed E-state index contributed by atoms with van der Waals surface area (Å²) in [5.41, 5.74) is 1.23. The molecule has 3 saturated heterocycles. The molecule has 0 aliphatic carbocycles. The highest BCUT2D eigenvalue weighted by Crippen LogP contribution is 2.30. The van der Waals surface area contributed by atoms with Crippen LogP contribution in [0.1, 0.15) is 30.9 Å². The first-order valence-corrected chi connectivity index (χ1v) is 9.11. The molecule has 0 unspecified atom stereocenters. The van der Waals surface area contributed by atoms with Crippen LogP contribution >= 0.6 is 0 Å². The molecule has 7 heteroatoms. The zero-order valence-corrected chi connectivity index (χ0v) is 14.8. The quantitative estimate of drug-likeness (QED) is 0.786. The van der Waals surface area contributed by atoms with Crippen LogP contribution in [0.25, 0.3) is 0 Å². The molecule has 0 radical (unpaired) electrons. The van der Waals surface area contributed by atoms with Crippen LogP contribution in [-0.2, 0) is 19.1 Å². The Morgan fingerprint density at radius 3 is 2.69 bits per heavy atom. The molecule has 1 aromatic carbocycles. The maximum atomic E-state index is 12.2. The summed E-state index contributed by atoms with van der Waals surface area (Å²) in [6.07, 6.45) is 2.72. The van der Waals surface area contributed by atoms with Crippen molar-refractivity contribution in [3.05, 3.63) is 35.9 Å². The van der Waals surface area contributed by atoms with E-state index in [4.69, 9.17) is 19.4 Å². The Kier molecular flexibility index (Phi) is 6.60. The second kappa shape index (κ2) is 9.12. The van der Waals surface area contributed by atoms with Crippen molar-refractivity contribution in [2.45, 2.75) is 43.6 Å². The van der Waals surface area contributed by atoms with Gasteiger partial charge in [0.2, 0.25) is 5.91 Å². The van der Waals surface area contributed by atoms with Crippen molar-refractivity contribution in [1.29, 1.82) is 0 Å². The molecule has 3 aliphatic rings. The number of ether oxygens (including phenoxy) is 2. The molecule has 1 aromatic rings. The molecule has 3 aliphatic heterocycles. The zero-order chi connectivity index (χ0) is 18.4. The number of rotatable bonds is 3. The number of carbonyl (C=O) groups is 2. The Hall–Kier alpha value is -1.96. The van der Waals surface area contributed by atoms with Gasteiger partial charge in [0.05, 0.1) is 12.7 Å². The van der Waals surface area contributed by atoms with Crippen molar-refractivity contribution in [1.82, 2.24) is 10.2 Å². The molecule has 0 aromatic heterocycles. The minimum Gasteiger partial charge on any atom is -0.483 e. The minimum atomic E-state index is -0.250. The normalized spacial score (nSPS) is 30.8. The summed E-state index contributed by atoms with van der Waals surface area (Å²) in [7, 11) is 0. The lowest BCUT2D eigenvalue weighted by molar-refractivity contribution is -0.130. The molecule has 26 heavy (non-hydrogen) atoms. The smallest absolute Gasteiger partial charge is 0.290 e. The van der Waals surface area contributed by atoms with E-state index in [1.807, 2.05) is 6.07 Å². The number of nitrogens with one attached hydrogen (secondary N) is 1. The third-order valence-corrected chi connectivity index (χ3v) is 5.16. The molecule has 4 rings (SSSR count). The molecule has 1 amide bonds. The number of carboxylic acid groups (broad SMARTS) is 1. The van der Waals surface area contributed by atoms with Gasteiger partial charge in [-0.2, -0.15) is 0 Å². The molecule has 2 N–H and O–H groups in total. The van der Waals surface area contributed by atoms with Crippen molar-refractivity contribution in [2.75, 3.05) is 26.3 Å². The Morgan fingerprint density at radius 2 is 2.00 bits per heavy atom. The van der Waals surface area contributed by atoms with E-state index in [1.54, 1.807) is 0 Å². The standard InChI is InChI=1S/C18H24N2O3.CH2O2/c21-18(16-7-4-8-22-16)19-14-9-15-12-23-17(11-20(15)10-14)13-5-2-1-3-6-13;2-1-3/h1-3,5-6,14-17H,4,7-12H2,(H,19,21);1H,(H,2,3)/t14-,15-,16+,17+;/m0./s1. The van der Waals surface area contributed by atoms with Crippen LogP contribution in [0.4, 0.5) is 0 Å². The van der Waals surface area contributed by atoms with E-state index in [0.717, 1.165) is 39.0 Å². The van der Waals surface area contributed by atoms with Gasteiger partial charge in [-0.3, -0.25) is 14.5 Å². The summed E-state index contributed by atoms with van der Waals surface area (Å²) in [5.74, 6) is 0.0628. The highest BCUT2D eigenvalue weighted by molar-refractivity contribution is 5.81. The lowest BCUT2D eigenvalue weighted by Crippen LogP contribution is -2.44. The molecule has 0 spiro atoms. The molecule has 0 bridgehead atoms. The SMILES string of the molecule is O=C(N[C@H]1C[C@H]2CO[C@@H](c3ccccc3)CN2C1)[C@H]1CCCO1.O=CO. The first-order chi connectivity index (χ1) is 12.7. The predicted octanol–water partition coefficient (Wildman–Crippen LogP) is 1.20. The Labute approximate surface area is 153 Å². The molecule has 3 fully saturated rings. The Morgan fingerprint density at radius 1 is 1.23 bits per heavy atom. The third kappa shape index (κ3) is 4.60. The summed E-state index contributed by atoms with van der Waals surface area (Å²) in [4.78, 5) is 23.0. The van der Waals surface area contributed by atoms with Crippen LogP contribution in [0.2, 0.25) is 0 Å². The molecule has 4 atom stereocenters. The fourth-order valence-electron chi connectivity index (χ4n) is 3.93. The molecule has 3 heterocycles. The van der Waals surface area contributed by atoms with Crippen LogP contribution in [0.5, 0.6) is 0 Å². The molecule has 0 saturated carbocycles. The van der Waals surface area contributed by atoms with Gasteiger partial charge < -0.3 is 19.9 Å². The van der Waals surface area contributed by atoms with Gasteiger partial charge in [-0.25, -0.2) is 0 Å². The van der Waals surface area contributed by atoms with Gasteiger partial charge in [-0.1, -0.05) is 30.3 Å². The summed E-state index contributed by atoms with van der Waals surface area (Å²) < 4.78 is 11.5. The second-order valence-electron chi connectivity index (χ2n) is 6.89. The zero-order valence-electron chi connectivity index (χ0n) is 14.8. The van der Waals surface area contributed by atoms with Crippen LogP contribution in [-0.4, -0.2) is 66.9 Å². The van der Waals surface area contributed by atoms with E-state index in [2.05, 4.69) is 34.5 Å². The monoisotopic (exact) mass is 362 g/mol. The summed E-state index contributed by atoms with van der Waals surface area (Å²) in [6.45, 7) is 3.02. The highest BCUT2D eigenvalue weighted by Gasteiger charge is 2.39. The second-order valence-corrected chi connectivity index (χ2v) is 6.89. The Balaban J connectivity index is 0.000000613. The number of hydrogen-bond acceptors (Lipinski definition) is 5. The maximum absolute atomic E-state index is 12.2. The Bertz CT molecular complexity index is 591. The number of carbonyl (C=O) groups excluding carboxylic acids is 1. The number of hydrogen-bond donors (Lipinski definition) is 2. The van der Waals surface area contributed by atoms with Crippen molar-refractivity contribution in [3.63, 3.8) is 0 Å². The predicted molar refractivity (Wildman–Crippen MR) is 94.7 cm³/mol. The van der Waals surface area contributed by atoms with Gasteiger partial charge in [0, 0.05) is 31.8 Å². The van der Waals surface area contributed by atoms with Crippen molar-refractivity contribution < 1.29 is 24.2 Å². The summed E-state index contributed by atoms with van der Waals surface area (Å²) in [6, 6.07) is 11.0. The first-order valence-electron chi connectivity index (χ1n) is 9.11. The van der Waals surface area contributed by atoms with E-state index in [-0.39, 0.29) is 30.6 Å². The topological polar surface area (TPSA) is 88.1 Å². The van der Waals surface area contributed by atoms with Gasteiger partial charge in [0.15, 0.2) is 0 Å². The number of morpholine rings is 1. The largest absolute Gasteiger partial charge is 0.483 e.